The lowest BCUT2D eigenvalue weighted by molar-refractivity contribution is 0.356. The number of benzene rings is 2. The van der Waals surface area contributed by atoms with E-state index < -0.39 is 0 Å². The zero-order valence-corrected chi connectivity index (χ0v) is 15.1. The second kappa shape index (κ2) is 7.55. The van der Waals surface area contributed by atoms with E-state index in [4.69, 9.17) is 15.2 Å². The number of hydrogen-bond acceptors (Lipinski definition) is 5. The van der Waals surface area contributed by atoms with E-state index in [1.807, 2.05) is 24.3 Å². The molecule has 1 aromatic heterocycles. The molecule has 2 N–H and O–H groups in total. The molecule has 7 heteroatoms. The minimum atomic E-state index is -0.187. The SMILES string of the molecule is COc1cc2c(-c3ccc(CN)cc3)nn(C)c(=O)c2cc1OC.Cl. The second-order valence-corrected chi connectivity index (χ2v) is 5.43. The molecule has 0 atom stereocenters. The summed E-state index contributed by atoms with van der Waals surface area (Å²) in [5, 5.41) is 5.68. The number of rotatable bonds is 4. The molecule has 0 aliphatic heterocycles. The molecular formula is C18H20ClN3O3. The molecule has 0 aliphatic carbocycles. The molecule has 3 aromatic rings. The molecule has 0 radical (unpaired) electrons. The van der Waals surface area contributed by atoms with Crippen LogP contribution >= 0.6 is 12.4 Å². The van der Waals surface area contributed by atoms with Gasteiger partial charge in [-0.1, -0.05) is 24.3 Å². The Bertz CT molecular complexity index is 952. The van der Waals surface area contributed by atoms with E-state index in [9.17, 15) is 4.79 Å². The molecule has 0 saturated heterocycles. The summed E-state index contributed by atoms with van der Waals surface area (Å²) >= 11 is 0. The quantitative estimate of drug-likeness (QED) is 0.772. The third-order valence-electron chi connectivity index (χ3n) is 4.02. The molecule has 25 heavy (non-hydrogen) atoms. The van der Waals surface area contributed by atoms with Gasteiger partial charge < -0.3 is 15.2 Å². The monoisotopic (exact) mass is 361 g/mol. The van der Waals surface area contributed by atoms with Crippen molar-refractivity contribution in [3.8, 4) is 22.8 Å². The lowest BCUT2D eigenvalue weighted by atomic mass is 10.0. The van der Waals surface area contributed by atoms with Crippen molar-refractivity contribution in [1.82, 2.24) is 9.78 Å². The van der Waals surface area contributed by atoms with Crippen LogP contribution in [0.1, 0.15) is 5.56 Å². The van der Waals surface area contributed by atoms with Gasteiger partial charge in [0.05, 0.1) is 25.3 Å². The highest BCUT2D eigenvalue weighted by molar-refractivity contribution is 5.96. The van der Waals surface area contributed by atoms with E-state index >= 15 is 0 Å². The van der Waals surface area contributed by atoms with Gasteiger partial charge >= 0.3 is 0 Å². The number of nitrogens with zero attached hydrogens (tertiary/aromatic N) is 2. The van der Waals surface area contributed by atoms with Crippen LogP contribution in [0.2, 0.25) is 0 Å². The van der Waals surface area contributed by atoms with Crippen LogP contribution in [-0.2, 0) is 13.6 Å². The number of aryl methyl sites for hydroxylation is 1. The maximum atomic E-state index is 12.5. The van der Waals surface area contributed by atoms with Crippen LogP contribution in [0.4, 0.5) is 0 Å². The van der Waals surface area contributed by atoms with Gasteiger partial charge in [0.15, 0.2) is 11.5 Å². The van der Waals surface area contributed by atoms with Crippen molar-refractivity contribution in [1.29, 1.82) is 0 Å². The number of nitrogens with two attached hydrogens (primary N) is 1. The van der Waals surface area contributed by atoms with Crippen LogP contribution in [0.25, 0.3) is 22.0 Å². The number of ether oxygens (including phenoxy) is 2. The zero-order chi connectivity index (χ0) is 17.3. The first kappa shape index (κ1) is 18.8. The van der Waals surface area contributed by atoms with E-state index in [1.165, 1.54) is 4.68 Å². The standard InChI is InChI=1S/C18H19N3O3.ClH/c1-21-18(22)14-9-16(24-3)15(23-2)8-13(14)17(20-21)12-6-4-11(10-19)5-7-12;/h4-9H,10,19H2,1-3H3;1H. The zero-order valence-electron chi connectivity index (χ0n) is 14.3. The Morgan fingerprint density at radius 3 is 2.12 bits per heavy atom. The van der Waals surface area contributed by atoms with Gasteiger partial charge in [0.2, 0.25) is 0 Å². The Kier molecular flexibility index (Phi) is 5.66. The van der Waals surface area contributed by atoms with Crippen LogP contribution in [0.5, 0.6) is 11.5 Å². The summed E-state index contributed by atoms with van der Waals surface area (Å²) in [5.74, 6) is 1.07. The molecule has 2 aromatic carbocycles. The van der Waals surface area contributed by atoms with Crippen molar-refractivity contribution >= 4 is 23.2 Å². The first-order valence-electron chi connectivity index (χ1n) is 7.51. The highest BCUT2D eigenvalue weighted by Crippen LogP contribution is 2.34. The Morgan fingerprint density at radius 1 is 1.04 bits per heavy atom. The Morgan fingerprint density at radius 2 is 1.60 bits per heavy atom. The smallest absolute Gasteiger partial charge is 0.274 e. The summed E-state index contributed by atoms with van der Waals surface area (Å²) in [4.78, 5) is 12.5. The van der Waals surface area contributed by atoms with Gasteiger partial charge in [0.1, 0.15) is 0 Å². The first-order chi connectivity index (χ1) is 11.6. The minimum absolute atomic E-state index is 0. The van der Waals surface area contributed by atoms with Crippen LogP contribution in [0.15, 0.2) is 41.2 Å². The van der Waals surface area contributed by atoms with Crippen molar-refractivity contribution < 1.29 is 9.47 Å². The molecule has 0 bridgehead atoms. The predicted molar refractivity (Wildman–Crippen MR) is 101 cm³/mol. The molecular weight excluding hydrogens is 342 g/mol. The van der Waals surface area contributed by atoms with E-state index in [0.29, 0.717) is 29.1 Å². The van der Waals surface area contributed by atoms with Gasteiger partial charge in [-0.15, -0.1) is 12.4 Å². The summed E-state index contributed by atoms with van der Waals surface area (Å²) in [6, 6.07) is 11.3. The second-order valence-electron chi connectivity index (χ2n) is 5.43. The first-order valence-corrected chi connectivity index (χ1v) is 7.51. The third-order valence-corrected chi connectivity index (χ3v) is 4.02. The Labute approximate surface area is 151 Å². The van der Waals surface area contributed by atoms with Crippen molar-refractivity contribution in [3.63, 3.8) is 0 Å². The largest absolute Gasteiger partial charge is 0.493 e. The van der Waals surface area contributed by atoms with Crippen LogP contribution in [-0.4, -0.2) is 24.0 Å². The maximum absolute atomic E-state index is 12.5. The molecule has 1 heterocycles. The van der Waals surface area contributed by atoms with Crippen molar-refractivity contribution in [2.75, 3.05) is 14.2 Å². The highest BCUT2D eigenvalue weighted by atomic mass is 35.5. The summed E-state index contributed by atoms with van der Waals surface area (Å²) in [6.45, 7) is 0.479. The Balaban J connectivity index is 0.00000225. The fourth-order valence-electron chi connectivity index (χ4n) is 2.69. The summed E-state index contributed by atoms with van der Waals surface area (Å²) in [5.41, 5.74) is 8.11. The lowest BCUT2D eigenvalue weighted by Crippen LogP contribution is -2.20. The summed E-state index contributed by atoms with van der Waals surface area (Å²) in [6.07, 6.45) is 0. The molecule has 0 unspecified atom stereocenters. The van der Waals surface area contributed by atoms with Gasteiger partial charge in [0.25, 0.3) is 5.56 Å². The fraction of sp³-hybridized carbons (Fsp3) is 0.222. The normalized spacial score (nSPS) is 10.4. The summed E-state index contributed by atoms with van der Waals surface area (Å²) < 4.78 is 12.0. The van der Waals surface area contributed by atoms with Gasteiger partial charge in [-0.3, -0.25) is 4.79 Å². The molecule has 0 aliphatic rings. The minimum Gasteiger partial charge on any atom is -0.493 e. The van der Waals surface area contributed by atoms with E-state index in [0.717, 1.165) is 16.5 Å². The molecule has 3 rings (SSSR count). The average molecular weight is 362 g/mol. The predicted octanol–water partition coefficient (Wildman–Crippen LogP) is 2.50. The van der Waals surface area contributed by atoms with Gasteiger partial charge in [0, 0.05) is 24.5 Å². The number of aromatic nitrogens is 2. The average Bonchev–Trinajstić information content (AvgIpc) is 2.63. The number of methoxy groups -OCH3 is 2. The van der Waals surface area contributed by atoms with E-state index in [2.05, 4.69) is 5.10 Å². The van der Waals surface area contributed by atoms with Crippen molar-refractivity contribution in [2.24, 2.45) is 12.8 Å². The third kappa shape index (κ3) is 3.31. The van der Waals surface area contributed by atoms with Crippen LogP contribution < -0.4 is 20.8 Å². The number of hydrogen-bond donors (Lipinski definition) is 1. The molecule has 132 valence electrons. The maximum Gasteiger partial charge on any atom is 0.274 e. The molecule has 0 fully saturated rings. The van der Waals surface area contributed by atoms with Gasteiger partial charge in [-0.2, -0.15) is 5.10 Å². The fourth-order valence-corrected chi connectivity index (χ4v) is 2.69. The van der Waals surface area contributed by atoms with Crippen LogP contribution in [0, 0.1) is 0 Å². The van der Waals surface area contributed by atoms with Crippen molar-refractivity contribution in [2.45, 2.75) is 6.54 Å². The van der Waals surface area contributed by atoms with E-state index in [-0.39, 0.29) is 18.0 Å². The van der Waals surface area contributed by atoms with Gasteiger partial charge in [-0.05, 0) is 17.7 Å². The van der Waals surface area contributed by atoms with Crippen LogP contribution in [0.3, 0.4) is 0 Å². The lowest BCUT2D eigenvalue weighted by Gasteiger charge is -2.13. The molecule has 6 nitrogen and oxygen atoms in total. The van der Waals surface area contributed by atoms with Crippen molar-refractivity contribution in [3.05, 3.63) is 52.3 Å². The molecule has 0 amide bonds. The number of halogens is 1. The Hall–Kier alpha value is -2.57. The van der Waals surface area contributed by atoms with E-state index in [1.54, 1.807) is 33.4 Å². The summed E-state index contributed by atoms with van der Waals surface area (Å²) in [7, 11) is 4.74. The highest BCUT2D eigenvalue weighted by Gasteiger charge is 2.15. The number of fused-ring (bicyclic) bond motifs is 1. The molecule has 0 spiro atoms. The molecule has 0 saturated carbocycles. The van der Waals surface area contributed by atoms with Gasteiger partial charge in [-0.25, -0.2) is 4.68 Å². The topological polar surface area (TPSA) is 79.4 Å².